The molecule has 1 fully saturated rings. The molecule has 21 heavy (non-hydrogen) atoms. The summed E-state index contributed by atoms with van der Waals surface area (Å²) < 4.78 is 39.0. The summed E-state index contributed by atoms with van der Waals surface area (Å²) in [6.45, 7) is 0.101. The summed E-state index contributed by atoms with van der Waals surface area (Å²) in [4.78, 5) is 0. The number of benzene rings is 1. The van der Waals surface area contributed by atoms with Gasteiger partial charge in [-0.25, -0.2) is 0 Å². The Morgan fingerprint density at radius 1 is 1.19 bits per heavy atom. The molecule has 0 radical (unpaired) electrons. The van der Waals surface area contributed by atoms with E-state index < -0.39 is 18.1 Å². The first kappa shape index (κ1) is 16.7. The number of nitrogens with one attached hydrogen (secondary N) is 1. The predicted octanol–water partition coefficient (Wildman–Crippen LogP) is 4.91. The van der Waals surface area contributed by atoms with Gasteiger partial charge in [-0.2, -0.15) is 13.2 Å². The van der Waals surface area contributed by atoms with Crippen LogP contribution in [0.2, 0.25) is 10.0 Å². The smallest absolute Gasteiger partial charge is 0.393 e. The van der Waals surface area contributed by atoms with E-state index in [-0.39, 0.29) is 23.7 Å². The highest BCUT2D eigenvalue weighted by Gasteiger charge is 2.45. The van der Waals surface area contributed by atoms with Gasteiger partial charge in [0, 0.05) is 23.2 Å². The van der Waals surface area contributed by atoms with Crippen LogP contribution in [0.15, 0.2) is 12.1 Å². The van der Waals surface area contributed by atoms with E-state index in [1.807, 2.05) is 0 Å². The van der Waals surface area contributed by atoms with Crippen LogP contribution in [0.3, 0.4) is 0 Å². The lowest BCUT2D eigenvalue weighted by molar-refractivity contribution is -0.189. The standard InChI is InChI=1S/C14H16Cl2F3NO/c15-9-5-8(13(21)11(16)6-9)7-20-12-4-2-1-3-10(12)14(17,18)19/h5-6,10,12,20-21H,1-4,7H2. The van der Waals surface area contributed by atoms with Crippen molar-refractivity contribution in [2.75, 3.05) is 0 Å². The lowest BCUT2D eigenvalue weighted by Crippen LogP contribution is -2.45. The van der Waals surface area contributed by atoms with E-state index in [0.29, 0.717) is 23.4 Å². The molecule has 7 heteroatoms. The molecule has 0 spiro atoms. The summed E-state index contributed by atoms with van der Waals surface area (Å²) in [5.41, 5.74) is 0.402. The SMILES string of the molecule is Oc1c(Cl)cc(Cl)cc1CNC1CCCCC1C(F)(F)F. The summed E-state index contributed by atoms with van der Waals surface area (Å²) >= 11 is 11.6. The van der Waals surface area contributed by atoms with Gasteiger partial charge in [-0.3, -0.25) is 0 Å². The third-order valence-electron chi connectivity index (χ3n) is 3.85. The van der Waals surface area contributed by atoms with Gasteiger partial charge in [0.15, 0.2) is 0 Å². The highest BCUT2D eigenvalue weighted by molar-refractivity contribution is 6.35. The normalized spacial score (nSPS) is 23.3. The summed E-state index contributed by atoms with van der Waals surface area (Å²) in [6, 6.07) is 2.25. The minimum atomic E-state index is -4.20. The minimum absolute atomic E-state index is 0.0929. The van der Waals surface area contributed by atoms with Gasteiger partial charge < -0.3 is 10.4 Å². The van der Waals surface area contributed by atoms with Crippen molar-refractivity contribution in [1.82, 2.24) is 5.32 Å². The Balaban J connectivity index is 2.08. The molecule has 0 amide bonds. The monoisotopic (exact) mass is 341 g/mol. The van der Waals surface area contributed by atoms with Crippen molar-refractivity contribution in [2.45, 2.75) is 44.4 Å². The number of phenols is 1. The van der Waals surface area contributed by atoms with Crippen molar-refractivity contribution < 1.29 is 18.3 Å². The van der Waals surface area contributed by atoms with Gasteiger partial charge >= 0.3 is 6.18 Å². The van der Waals surface area contributed by atoms with Crippen molar-refractivity contribution in [3.8, 4) is 5.75 Å². The molecule has 2 rings (SSSR count). The zero-order valence-electron chi connectivity index (χ0n) is 11.2. The van der Waals surface area contributed by atoms with Crippen LogP contribution in [0.5, 0.6) is 5.75 Å². The van der Waals surface area contributed by atoms with Crippen molar-refractivity contribution in [3.63, 3.8) is 0 Å². The average Bonchev–Trinajstić information content (AvgIpc) is 2.40. The lowest BCUT2D eigenvalue weighted by Gasteiger charge is -2.33. The molecule has 1 saturated carbocycles. The van der Waals surface area contributed by atoms with E-state index in [4.69, 9.17) is 23.2 Å². The van der Waals surface area contributed by atoms with Crippen LogP contribution in [-0.2, 0) is 6.54 Å². The largest absolute Gasteiger partial charge is 0.506 e. The molecule has 118 valence electrons. The number of halogens is 5. The molecule has 1 aliphatic carbocycles. The molecule has 1 aliphatic rings. The molecule has 0 saturated heterocycles. The fraction of sp³-hybridized carbons (Fsp3) is 0.571. The summed E-state index contributed by atoms with van der Waals surface area (Å²) in [5, 5.41) is 13.1. The topological polar surface area (TPSA) is 32.3 Å². The Hall–Kier alpha value is -0.650. The van der Waals surface area contributed by atoms with Crippen LogP contribution in [0, 0.1) is 5.92 Å². The summed E-state index contributed by atoms with van der Waals surface area (Å²) in [5.74, 6) is -1.49. The Bertz CT molecular complexity index is 508. The number of phenolic OH excluding ortho intramolecular Hbond substituents is 1. The quantitative estimate of drug-likeness (QED) is 0.818. The maximum atomic E-state index is 13.0. The Morgan fingerprint density at radius 2 is 1.86 bits per heavy atom. The zero-order chi connectivity index (χ0) is 15.6. The van der Waals surface area contributed by atoms with Gasteiger partial charge in [0.05, 0.1) is 10.9 Å². The van der Waals surface area contributed by atoms with Crippen molar-refractivity contribution in [3.05, 3.63) is 27.7 Å². The van der Waals surface area contributed by atoms with Gasteiger partial charge in [0.1, 0.15) is 5.75 Å². The fourth-order valence-electron chi connectivity index (χ4n) is 2.76. The Labute approximate surface area is 131 Å². The lowest BCUT2D eigenvalue weighted by atomic mass is 9.84. The van der Waals surface area contributed by atoms with E-state index in [2.05, 4.69) is 5.32 Å². The number of alkyl halides is 3. The molecule has 2 atom stereocenters. The molecule has 0 aromatic heterocycles. The molecule has 2 unspecified atom stereocenters. The van der Waals surface area contributed by atoms with Crippen molar-refractivity contribution in [2.24, 2.45) is 5.92 Å². The Kier molecular flexibility index (Phi) is 5.28. The van der Waals surface area contributed by atoms with Crippen molar-refractivity contribution >= 4 is 23.2 Å². The molecule has 2 N–H and O–H groups in total. The van der Waals surface area contributed by atoms with Crippen molar-refractivity contribution in [1.29, 1.82) is 0 Å². The summed E-state index contributed by atoms with van der Waals surface area (Å²) in [6.07, 6.45) is -2.22. The molecule has 2 nitrogen and oxygen atoms in total. The number of rotatable bonds is 3. The Morgan fingerprint density at radius 3 is 2.52 bits per heavy atom. The van der Waals surface area contributed by atoms with Gasteiger partial charge in [0.25, 0.3) is 0 Å². The first-order valence-corrected chi connectivity index (χ1v) is 7.51. The maximum Gasteiger partial charge on any atom is 0.393 e. The third-order valence-corrected chi connectivity index (χ3v) is 4.35. The van der Waals surface area contributed by atoms with E-state index in [1.54, 1.807) is 0 Å². The van der Waals surface area contributed by atoms with Crippen LogP contribution in [-0.4, -0.2) is 17.3 Å². The first-order valence-electron chi connectivity index (χ1n) is 6.76. The van der Waals surface area contributed by atoms with Gasteiger partial charge in [-0.05, 0) is 25.0 Å². The number of hydrogen-bond donors (Lipinski definition) is 2. The van der Waals surface area contributed by atoms with Crippen LogP contribution < -0.4 is 5.32 Å². The summed E-state index contributed by atoms with van der Waals surface area (Å²) in [7, 11) is 0. The van der Waals surface area contributed by atoms with E-state index in [9.17, 15) is 18.3 Å². The third kappa shape index (κ3) is 4.18. The predicted molar refractivity (Wildman–Crippen MR) is 76.8 cm³/mol. The molecule has 0 heterocycles. The maximum absolute atomic E-state index is 13.0. The first-order chi connectivity index (χ1) is 9.79. The minimum Gasteiger partial charge on any atom is -0.506 e. The van der Waals surface area contributed by atoms with E-state index in [1.165, 1.54) is 12.1 Å². The fourth-order valence-corrected chi connectivity index (χ4v) is 3.30. The number of aromatic hydroxyl groups is 1. The molecule has 1 aromatic carbocycles. The second kappa shape index (κ2) is 6.63. The second-order valence-electron chi connectivity index (χ2n) is 5.32. The zero-order valence-corrected chi connectivity index (χ0v) is 12.7. The molecule has 0 aliphatic heterocycles. The molecule has 0 bridgehead atoms. The highest BCUT2D eigenvalue weighted by Crippen LogP contribution is 2.38. The van der Waals surface area contributed by atoms with Gasteiger partial charge in [-0.1, -0.05) is 36.0 Å². The highest BCUT2D eigenvalue weighted by atomic mass is 35.5. The second-order valence-corrected chi connectivity index (χ2v) is 6.16. The van der Waals surface area contributed by atoms with Gasteiger partial charge in [0.2, 0.25) is 0 Å². The van der Waals surface area contributed by atoms with E-state index >= 15 is 0 Å². The molecule has 1 aromatic rings. The van der Waals surface area contributed by atoms with Crippen LogP contribution in [0.25, 0.3) is 0 Å². The van der Waals surface area contributed by atoms with E-state index in [0.717, 1.165) is 6.42 Å². The average molecular weight is 342 g/mol. The molecular weight excluding hydrogens is 326 g/mol. The number of hydrogen-bond acceptors (Lipinski definition) is 2. The molecular formula is C14H16Cl2F3NO. The van der Waals surface area contributed by atoms with Gasteiger partial charge in [-0.15, -0.1) is 0 Å². The van der Waals surface area contributed by atoms with Crippen LogP contribution in [0.1, 0.15) is 31.2 Å². The van der Waals surface area contributed by atoms with Crippen LogP contribution >= 0.6 is 23.2 Å². The van der Waals surface area contributed by atoms with Crippen LogP contribution in [0.4, 0.5) is 13.2 Å².